The zero-order valence-electron chi connectivity index (χ0n) is 14.0. The van der Waals surface area contributed by atoms with Crippen LogP contribution in [0.2, 0.25) is 0 Å². The summed E-state index contributed by atoms with van der Waals surface area (Å²) >= 11 is 5.12. The maximum Gasteiger partial charge on any atom is 0.330 e. The van der Waals surface area contributed by atoms with E-state index in [1.54, 1.807) is 18.8 Å². The van der Waals surface area contributed by atoms with Gasteiger partial charge in [0.1, 0.15) is 12.2 Å². The van der Waals surface area contributed by atoms with Gasteiger partial charge in [0, 0.05) is 0 Å². The van der Waals surface area contributed by atoms with Crippen molar-refractivity contribution in [3.05, 3.63) is 32.9 Å². The Balaban J connectivity index is 2.01. The highest BCUT2D eigenvalue weighted by Crippen LogP contribution is 2.61. The van der Waals surface area contributed by atoms with E-state index in [0.717, 1.165) is 0 Å². The van der Waals surface area contributed by atoms with Crippen molar-refractivity contribution in [1.82, 2.24) is 9.55 Å². The van der Waals surface area contributed by atoms with Crippen molar-refractivity contribution < 1.29 is 36.6 Å². The molecular formula is C13H16F3N2O7PS. The largest absolute Gasteiger partial charge is 0.386 e. The van der Waals surface area contributed by atoms with Crippen LogP contribution in [0.4, 0.5) is 13.2 Å². The molecule has 2 aliphatic heterocycles. The molecule has 2 N–H and O–H groups in total. The van der Waals surface area contributed by atoms with Crippen LogP contribution in [0, 0.1) is 5.82 Å². The summed E-state index contributed by atoms with van der Waals surface area (Å²) in [6.45, 7) is -0.981. The summed E-state index contributed by atoms with van der Waals surface area (Å²) in [5.74, 6) is -1.36. The van der Waals surface area contributed by atoms with E-state index in [2.05, 4.69) is 0 Å². The first-order valence-corrected chi connectivity index (χ1v) is 10.3. The molecule has 2 fully saturated rings. The number of hydrogen-bond donors (Lipinski definition) is 2. The first kappa shape index (κ1) is 20.6. The lowest BCUT2D eigenvalue weighted by atomic mass is 9.96. The first-order valence-electron chi connectivity index (χ1n) is 7.75. The van der Waals surface area contributed by atoms with Crippen LogP contribution >= 0.6 is 6.72 Å². The van der Waals surface area contributed by atoms with E-state index >= 15 is 0 Å². The highest BCUT2D eigenvalue weighted by Gasteiger charge is 2.66. The molecule has 2 aliphatic rings. The molecule has 5 atom stereocenters. The Morgan fingerprint density at radius 3 is 2.74 bits per heavy atom. The van der Waals surface area contributed by atoms with Gasteiger partial charge in [0.2, 0.25) is 5.82 Å². The Morgan fingerprint density at radius 1 is 1.48 bits per heavy atom. The van der Waals surface area contributed by atoms with Gasteiger partial charge in [-0.15, -0.1) is 0 Å². The average molecular weight is 432 g/mol. The summed E-state index contributed by atoms with van der Waals surface area (Å²) in [7, 11) is 0. The number of aromatic nitrogens is 2. The second-order valence-electron chi connectivity index (χ2n) is 6.30. The minimum atomic E-state index is -3.47. The number of nitrogens with zero attached hydrogens (tertiary/aromatic N) is 1. The van der Waals surface area contributed by atoms with Gasteiger partial charge < -0.3 is 18.9 Å². The Bertz CT molecular complexity index is 893. The molecule has 0 radical (unpaired) electrons. The van der Waals surface area contributed by atoms with E-state index in [1.807, 2.05) is 0 Å². The second-order valence-corrected chi connectivity index (χ2v) is 9.21. The van der Waals surface area contributed by atoms with Crippen LogP contribution in [0.1, 0.15) is 20.1 Å². The fourth-order valence-corrected chi connectivity index (χ4v) is 5.42. The van der Waals surface area contributed by atoms with Crippen molar-refractivity contribution in [3.8, 4) is 0 Å². The van der Waals surface area contributed by atoms with Crippen molar-refractivity contribution in [3.63, 3.8) is 0 Å². The number of aliphatic hydroxyl groups excluding tert-OH is 1. The van der Waals surface area contributed by atoms with Gasteiger partial charge in [-0.1, -0.05) is 0 Å². The minimum absolute atomic E-state index is 0.443. The molecule has 3 rings (SSSR count). The summed E-state index contributed by atoms with van der Waals surface area (Å²) in [6.07, 6.45) is -8.51. The van der Waals surface area contributed by atoms with Crippen LogP contribution in [-0.4, -0.2) is 51.6 Å². The number of hydrogen-bond acceptors (Lipinski definition) is 8. The molecule has 9 nitrogen and oxygen atoms in total. The van der Waals surface area contributed by atoms with Crippen LogP contribution in [0.3, 0.4) is 0 Å². The van der Waals surface area contributed by atoms with E-state index in [0.29, 0.717) is 10.8 Å². The monoisotopic (exact) mass is 432 g/mol. The summed E-state index contributed by atoms with van der Waals surface area (Å²) in [4.78, 5) is 24.7. The van der Waals surface area contributed by atoms with Gasteiger partial charge in [0.15, 0.2) is 11.8 Å². The van der Waals surface area contributed by atoms with Gasteiger partial charge in [-0.05, 0) is 25.7 Å². The number of alkyl halides is 2. The summed E-state index contributed by atoms with van der Waals surface area (Å²) in [6, 6.07) is 0. The highest BCUT2D eigenvalue weighted by atomic mass is 32.5. The Morgan fingerprint density at radius 2 is 2.15 bits per heavy atom. The smallest absolute Gasteiger partial charge is 0.330 e. The van der Waals surface area contributed by atoms with Crippen molar-refractivity contribution in [2.75, 3.05) is 6.61 Å². The predicted octanol–water partition coefficient (Wildman–Crippen LogP) is 0.634. The molecule has 14 heteroatoms. The quantitative estimate of drug-likeness (QED) is 0.667. The van der Waals surface area contributed by atoms with Crippen LogP contribution in [0.5, 0.6) is 0 Å². The molecule has 0 amide bonds. The number of aromatic amines is 1. The number of rotatable bonds is 4. The summed E-state index contributed by atoms with van der Waals surface area (Å²) in [5, 5.41) is 10.5. The van der Waals surface area contributed by atoms with E-state index in [1.165, 1.54) is 0 Å². The van der Waals surface area contributed by atoms with Crippen LogP contribution < -0.4 is 11.2 Å². The molecule has 0 spiro atoms. The highest BCUT2D eigenvalue weighted by molar-refractivity contribution is 8.07. The van der Waals surface area contributed by atoms with Gasteiger partial charge in [0.05, 0.1) is 18.9 Å². The molecule has 0 aliphatic carbocycles. The number of nitrogens with one attached hydrogen (secondary N) is 1. The normalized spacial score (nSPS) is 36.4. The van der Waals surface area contributed by atoms with Crippen LogP contribution in [-0.2, 0) is 30.1 Å². The third-order valence-corrected chi connectivity index (χ3v) is 6.47. The first-order chi connectivity index (χ1) is 12.5. The van der Waals surface area contributed by atoms with Gasteiger partial charge in [-0.2, -0.15) is 4.39 Å². The predicted molar refractivity (Wildman–Crippen MR) is 87.5 cm³/mol. The van der Waals surface area contributed by atoms with Gasteiger partial charge in [-0.3, -0.25) is 18.9 Å². The van der Waals surface area contributed by atoms with Gasteiger partial charge in [-0.25, -0.2) is 13.6 Å². The van der Waals surface area contributed by atoms with Crippen molar-refractivity contribution in [1.29, 1.82) is 0 Å². The lowest BCUT2D eigenvalue weighted by Gasteiger charge is -2.41. The molecule has 0 saturated carbocycles. The molecule has 0 aromatic carbocycles. The number of aliphatic hydroxyl groups is 1. The molecule has 2 saturated heterocycles. The zero-order chi connectivity index (χ0) is 20.1. The van der Waals surface area contributed by atoms with E-state index in [4.69, 9.17) is 30.1 Å². The summed E-state index contributed by atoms with van der Waals surface area (Å²) in [5.41, 5.74) is -4.92. The van der Waals surface area contributed by atoms with Crippen molar-refractivity contribution in [2.45, 2.75) is 50.4 Å². The second kappa shape index (κ2) is 7.07. The zero-order valence-corrected chi connectivity index (χ0v) is 15.7. The van der Waals surface area contributed by atoms with Crippen LogP contribution in [0.15, 0.2) is 15.8 Å². The molecule has 5 unspecified atom stereocenters. The molecule has 1 aromatic heterocycles. The third kappa shape index (κ3) is 3.53. The lowest BCUT2D eigenvalue weighted by Crippen LogP contribution is -2.56. The van der Waals surface area contributed by atoms with Crippen molar-refractivity contribution >= 4 is 18.5 Å². The van der Waals surface area contributed by atoms with E-state index < -0.39 is 67.0 Å². The number of halogens is 3. The van der Waals surface area contributed by atoms with Crippen LogP contribution in [0.25, 0.3) is 0 Å². The minimum Gasteiger partial charge on any atom is -0.386 e. The molecule has 3 heterocycles. The Kier molecular flexibility index (Phi) is 5.40. The molecule has 1 aromatic rings. The molecule has 152 valence electrons. The number of H-pyrrole nitrogens is 1. The Labute approximate surface area is 155 Å². The van der Waals surface area contributed by atoms with Gasteiger partial charge >= 0.3 is 12.4 Å². The summed E-state index contributed by atoms with van der Waals surface area (Å²) < 4.78 is 62.8. The maximum absolute atomic E-state index is 13.8. The molecular weight excluding hydrogens is 416 g/mol. The SMILES string of the molecule is CC(C)OP1(=S)OCC2(C(F)F)OC(n3cc(F)c(=O)[nH]c3=O)C(O)C2O1. The van der Waals surface area contributed by atoms with E-state index in [9.17, 15) is 27.9 Å². The fourth-order valence-electron chi connectivity index (χ4n) is 2.84. The fraction of sp³-hybridized carbons (Fsp3) is 0.692. The van der Waals surface area contributed by atoms with E-state index in [-0.39, 0.29) is 0 Å². The standard InChI is InChI=1S/C13H16F3N2O7PS/c1-5(2)24-26(27)22-4-13(11(15)16)8(25-26)7(19)10(23-13)18-3-6(14)9(20)17-12(18)21/h3,5,7-8,10-11,19H,4H2,1-2H3,(H,17,20,21). The number of fused-ring (bicyclic) bond motifs is 1. The van der Waals surface area contributed by atoms with Crippen molar-refractivity contribution in [2.24, 2.45) is 0 Å². The molecule has 27 heavy (non-hydrogen) atoms. The Hall–Kier alpha value is -1.08. The lowest BCUT2D eigenvalue weighted by molar-refractivity contribution is -0.204. The number of ether oxygens (including phenoxy) is 1. The molecule has 0 bridgehead atoms. The topological polar surface area (TPSA) is 112 Å². The third-order valence-electron chi connectivity index (χ3n) is 4.02. The maximum atomic E-state index is 13.8. The van der Waals surface area contributed by atoms with Gasteiger partial charge in [0.25, 0.3) is 12.0 Å². The average Bonchev–Trinajstić information content (AvgIpc) is 2.84.